The van der Waals surface area contributed by atoms with Gasteiger partial charge in [-0.25, -0.2) is 0 Å². The first kappa shape index (κ1) is 13.2. The Kier molecular flexibility index (Phi) is 4.48. The molecule has 0 amide bonds. The number of hydrogen-bond acceptors (Lipinski definition) is 3. The van der Waals surface area contributed by atoms with Crippen LogP contribution < -0.4 is 9.47 Å². The Morgan fingerprint density at radius 2 is 2.22 bits per heavy atom. The van der Waals surface area contributed by atoms with Crippen molar-refractivity contribution in [2.24, 2.45) is 0 Å². The maximum atomic E-state index is 6.08. The number of hydrogen-bond donors (Lipinski definition) is 0. The third-order valence-corrected chi connectivity index (χ3v) is 3.41. The summed E-state index contributed by atoms with van der Waals surface area (Å²) in [6, 6.07) is 6.10. The molecule has 0 bridgehead atoms. The van der Waals surface area contributed by atoms with Crippen molar-refractivity contribution < 1.29 is 9.47 Å². The van der Waals surface area contributed by atoms with E-state index in [-0.39, 0.29) is 0 Å². The molecule has 0 aromatic heterocycles. The minimum Gasteiger partial charge on any atom is -0.497 e. The molecule has 0 saturated heterocycles. The molecule has 0 spiro atoms. The summed E-state index contributed by atoms with van der Waals surface area (Å²) in [4.78, 5) is 2.47. The quantitative estimate of drug-likeness (QED) is 0.818. The fourth-order valence-corrected chi connectivity index (χ4v) is 2.43. The summed E-state index contributed by atoms with van der Waals surface area (Å²) in [6.45, 7) is 7.50. The van der Waals surface area contributed by atoms with Crippen molar-refractivity contribution in [3.8, 4) is 11.5 Å². The molecule has 3 nitrogen and oxygen atoms in total. The van der Waals surface area contributed by atoms with E-state index in [1.807, 2.05) is 12.1 Å². The number of methoxy groups -OCH3 is 1. The predicted octanol–water partition coefficient (Wildman–Crippen LogP) is 3.08. The van der Waals surface area contributed by atoms with Crippen molar-refractivity contribution >= 4 is 0 Å². The minimum absolute atomic E-state index is 0.297. The number of fused-ring (bicyclic) bond motifs is 1. The van der Waals surface area contributed by atoms with E-state index in [2.05, 4.69) is 24.8 Å². The van der Waals surface area contributed by atoms with Crippen LogP contribution in [0.15, 0.2) is 18.2 Å². The molecular formula is C15H23NO2. The topological polar surface area (TPSA) is 21.7 Å². The Morgan fingerprint density at radius 3 is 2.89 bits per heavy atom. The summed E-state index contributed by atoms with van der Waals surface area (Å²) in [5, 5.41) is 0. The molecule has 1 heterocycles. The molecule has 1 aromatic rings. The van der Waals surface area contributed by atoms with E-state index in [1.165, 1.54) is 12.0 Å². The van der Waals surface area contributed by atoms with Gasteiger partial charge < -0.3 is 9.47 Å². The van der Waals surface area contributed by atoms with Crippen LogP contribution in [0.25, 0.3) is 0 Å². The van der Waals surface area contributed by atoms with Crippen LogP contribution in [0, 0.1) is 0 Å². The number of rotatable bonds is 4. The number of nitrogens with zero attached hydrogens (tertiary/aromatic N) is 1. The van der Waals surface area contributed by atoms with Crippen molar-refractivity contribution in [2.45, 2.75) is 39.3 Å². The van der Waals surface area contributed by atoms with E-state index >= 15 is 0 Å². The molecule has 3 heteroatoms. The first-order chi connectivity index (χ1) is 8.76. The Bertz CT molecular complexity index is 392. The summed E-state index contributed by atoms with van der Waals surface area (Å²) in [5.74, 6) is 1.92. The third-order valence-electron chi connectivity index (χ3n) is 3.41. The highest BCUT2D eigenvalue weighted by Gasteiger charge is 2.21. The second kappa shape index (κ2) is 6.10. The molecule has 0 unspecified atom stereocenters. The number of benzene rings is 1. The van der Waals surface area contributed by atoms with Crippen LogP contribution in [0.1, 0.15) is 32.3 Å². The van der Waals surface area contributed by atoms with Gasteiger partial charge in [-0.1, -0.05) is 13.8 Å². The van der Waals surface area contributed by atoms with Gasteiger partial charge in [-0.2, -0.15) is 0 Å². The van der Waals surface area contributed by atoms with Gasteiger partial charge in [0.05, 0.1) is 7.11 Å². The highest BCUT2D eigenvalue weighted by Crippen LogP contribution is 2.29. The maximum absolute atomic E-state index is 6.08. The van der Waals surface area contributed by atoms with Gasteiger partial charge in [0, 0.05) is 18.7 Å². The molecule has 0 fully saturated rings. The van der Waals surface area contributed by atoms with E-state index in [9.17, 15) is 0 Å². The van der Waals surface area contributed by atoms with Crippen molar-refractivity contribution in [3.63, 3.8) is 0 Å². The zero-order chi connectivity index (χ0) is 13.0. The van der Waals surface area contributed by atoms with E-state index in [4.69, 9.17) is 9.47 Å². The highest BCUT2D eigenvalue weighted by atomic mass is 16.5. The van der Waals surface area contributed by atoms with Gasteiger partial charge in [0.25, 0.3) is 0 Å². The molecule has 0 radical (unpaired) electrons. The normalized spacial score (nSPS) is 19.8. The lowest BCUT2D eigenvalue weighted by molar-refractivity contribution is 0.143. The summed E-state index contributed by atoms with van der Waals surface area (Å²) in [7, 11) is 1.71. The molecule has 0 N–H and O–H groups in total. The van der Waals surface area contributed by atoms with Crippen LogP contribution in [0.2, 0.25) is 0 Å². The minimum atomic E-state index is 0.297. The van der Waals surface area contributed by atoms with Crippen LogP contribution in [0.4, 0.5) is 0 Å². The van der Waals surface area contributed by atoms with Gasteiger partial charge >= 0.3 is 0 Å². The predicted molar refractivity (Wildman–Crippen MR) is 73.3 cm³/mol. The lowest BCUT2D eigenvalue weighted by atomic mass is 10.1. The third kappa shape index (κ3) is 2.96. The molecule has 0 saturated carbocycles. The molecule has 1 aromatic carbocycles. The molecule has 0 aliphatic carbocycles. The van der Waals surface area contributed by atoms with Crippen molar-refractivity contribution in [1.82, 2.24) is 4.90 Å². The molecule has 1 atom stereocenters. The van der Waals surface area contributed by atoms with Crippen molar-refractivity contribution in [3.05, 3.63) is 23.8 Å². The molecule has 18 heavy (non-hydrogen) atoms. The van der Waals surface area contributed by atoms with Gasteiger partial charge in [-0.3, -0.25) is 4.90 Å². The Hall–Kier alpha value is -1.22. The Morgan fingerprint density at radius 1 is 1.39 bits per heavy atom. The average Bonchev–Trinajstić information content (AvgIpc) is 2.56. The molecular weight excluding hydrogens is 226 g/mol. The fourth-order valence-electron chi connectivity index (χ4n) is 2.43. The molecule has 1 aliphatic heterocycles. The molecule has 1 aliphatic rings. The fraction of sp³-hybridized carbons (Fsp3) is 0.600. The standard InChI is InChI=1S/C15H23NO2/c1-4-8-16-10-12-9-14(17-3)6-7-15(12)18-13(5-2)11-16/h6-7,9,13H,4-5,8,10-11H2,1-3H3/t13-/m0/s1. The van der Waals surface area contributed by atoms with E-state index in [0.717, 1.165) is 37.6 Å². The van der Waals surface area contributed by atoms with Crippen LogP contribution >= 0.6 is 0 Å². The largest absolute Gasteiger partial charge is 0.497 e. The maximum Gasteiger partial charge on any atom is 0.124 e. The van der Waals surface area contributed by atoms with E-state index < -0.39 is 0 Å². The Labute approximate surface area is 110 Å². The molecule has 2 rings (SSSR count). The van der Waals surface area contributed by atoms with Crippen LogP contribution in [-0.2, 0) is 6.54 Å². The highest BCUT2D eigenvalue weighted by molar-refractivity contribution is 5.41. The van der Waals surface area contributed by atoms with Gasteiger partial charge in [-0.05, 0) is 37.6 Å². The SMILES string of the molecule is CCCN1Cc2cc(OC)ccc2O[C@@H](CC)C1. The Balaban J connectivity index is 2.25. The summed E-state index contributed by atoms with van der Waals surface area (Å²) < 4.78 is 11.4. The first-order valence-corrected chi connectivity index (χ1v) is 6.82. The second-order valence-electron chi connectivity index (χ2n) is 4.86. The van der Waals surface area contributed by atoms with Gasteiger partial charge in [-0.15, -0.1) is 0 Å². The summed E-state index contributed by atoms with van der Waals surface area (Å²) in [6.07, 6.45) is 2.52. The van der Waals surface area contributed by atoms with Crippen LogP contribution in [0.5, 0.6) is 11.5 Å². The van der Waals surface area contributed by atoms with Gasteiger partial charge in [0.2, 0.25) is 0 Å². The first-order valence-electron chi connectivity index (χ1n) is 6.82. The zero-order valence-corrected chi connectivity index (χ0v) is 11.6. The van der Waals surface area contributed by atoms with E-state index in [0.29, 0.717) is 6.10 Å². The lowest BCUT2D eigenvalue weighted by Gasteiger charge is -2.22. The zero-order valence-electron chi connectivity index (χ0n) is 11.6. The second-order valence-corrected chi connectivity index (χ2v) is 4.86. The monoisotopic (exact) mass is 249 g/mol. The van der Waals surface area contributed by atoms with Crippen molar-refractivity contribution in [1.29, 1.82) is 0 Å². The molecule has 100 valence electrons. The van der Waals surface area contributed by atoms with E-state index in [1.54, 1.807) is 7.11 Å². The van der Waals surface area contributed by atoms with Crippen molar-refractivity contribution in [2.75, 3.05) is 20.2 Å². The summed E-state index contributed by atoms with van der Waals surface area (Å²) in [5.41, 5.74) is 1.23. The van der Waals surface area contributed by atoms with Gasteiger partial charge in [0.1, 0.15) is 17.6 Å². The average molecular weight is 249 g/mol. The number of ether oxygens (including phenoxy) is 2. The van der Waals surface area contributed by atoms with Crippen LogP contribution in [-0.4, -0.2) is 31.2 Å². The lowest BCUT2D eigenvalue weighted by Crippen LogP contribution is -2.32. The van der Waals surface area contributed by atoms with Crippen LogP contribution in [0.3, 0.4) is 0 Å². The smallest absolute Gasteiger partial charge is 0.124 e. The van der Waals surface area contributed by atoms with Gasteiger partial charge in [0.15, 0.2) is 0 Å². The summed E-state index contributed by atoms with van der Waals surface area (Å²) >= 11 is 0.